The third kappa shape index (κ3) is 8.26. The molecule has 3 aromatic rings. The lowest BCUT2D eigenvalue weighted by molar-refractivity contribution is -0.134. The van der Waals surface area contributed by atoms with Crippen LogP contribution in [-0.4, -0.2) is 79.2 Å². The lowest BCUT2D eigenvalue weighted by Gasteiger charge is -2.34. The first-order chi connectivity index (χ1) is 20.4. The van der Waals surface area contributed by atoms with Crippen LogP contribution in [0.4, 0.5) is 5.69 Å². The van der Waals surface area contributed by atoms with E-state index in [2.05, 4.69) is 9.62 Å². The molecule has 0 saturated carbocycles. The van der Waals surface area contributed by atoms with Gasteiger partial charge in [0.05, 0.1) is 29.5 Å². The summed E-state index contributed by atoms with van der Waals surface area (Å²) in [5.41, 5.74) is 1.95. The molecule has 1 aliphatic rings. The van der Waals surface area contributed by atoms with Crippen molar-refractivity contribution in [3.05, 3.63) is 88.4 Å². The fourth-order valence-electron chi connectivity index (χ4n) is 4.97. The van der Waals surface area contributed by atoms with Gasteiger partial charge >= 0.3 is 5.97 Å². The van der Waals surface area contributed by atoms with E-state index in [1.54, 1.807) is 54.3 Å². The summed E-state index contributed by atoms with van der Waals surface area (Å²) in [6.07, 6.45) is -0.403. The normalized spacial score (nSPS) is 18.2. The molecule has 43 heavy (non-hydrogen) atoms. The van der Waals surface area contributed by atoms with Crippen LogP contribution in [0.15, 0.2) is 71.6 Å². The van der Waals surface area contributed by atoms with Crippen LogP contribution in [0.2, 0.25) is 5.02 Å². The molecule has 0 fully saturated rings. The Morgan fingerprint density at radius 3 is 2.44 bits per heavy atom. The van der Waals surface area contributed by atoms with Gasteiger partial charge in [0.1, 0.15) is 11.9 Å². The van der Waals surface area contributed by atoms with E-state index < -0.39 is 22.0 Å². The number of hydrogen-bond donors (Lipinski definition) is 3. The number of amides is 1. The summed E-state index contributed by atoms with van der Waals surface area (Å²) in [5.74, 6) is -0.840. The van der Waals surface area contributed by atoms with Crippen molar-refractivity contribution in [2.45, 2.75) is 43.9 Å². The van der Waals surface area contributed by atoms with Crippen molar-refractivity contribution in [2.75, 3.05) is 31.5 Å². The number of carbonyl (C=O) groups excluding carboxylic acids is 1. The van der Waals surface area contributed by atoms with Crippen molar-refractivity contribution in [1.29, 1.82) is 0 Å². The zero-order chi connectivity index (χ0) is 31.3. The van der Waals surface area contributed by atoms with Gasteiger partial charge in [0.2, 0.25) is 5.91 Å². The van der Waals surface area contributed by atoms with E-state index in [-0.39, 0.29) is 47.1 Å². The van der Waals surface area contributed by atoms with E-state index in [1.165, 1.54) is 24.3 Å². The van der Waals surface area contributed by atoms with E-state index >= 15 is 0 Å². The predicted molar refractivity (Wildman–Crippen MR) is 164 cm³/mol. The number of ether oxygens (including phenoxy) is 1. The Bertz CT molecular complexity index is 1550. The summed E-state index contributed by atoms with van der Waals surface area (Å²) in [6.45, 7) is 4.95. The second kappa shape index (κ2) is 13.8. The molecule has 0 bridgehead atoms. The topological polar surface area (TPSA) is 136 Å². The maximum atomic E-state index is 13.5. The van der Waals surface area contributed by atoms with Gasteiger partial charge in [-0.3, -0.25) is 14.4 Å². The predicted octanol–water partition coefficient (Wildman–Crippen LogP) is 4.12. The van der Waals surface area contributed by atoms with Gasteiger partial charge in [-0.1, -0.05) is 30.7 Å². The second-order valence-electron chi connectivity index (χ2n) is 11.0. The van der Waals surface area contributed by atoms with Crippen LogP contribution >= 0.6 is 11.6 Å². The molecule has 10 nitrogen and oxygen atoms in total. The highest BCUT2D eigenvalue weighted by atomic mass is 35.5. The first-order valence-corrected chi connectivity index (χ1v) is 15.7. The number of hydrogen-bond acceptors (Lipinski definition) is 7. The fourth-order valence-corrected chi connectivity index (χ4v) is 6.15. The third-order valence-corrected chi connectivity index (χ3v) is 9.09. The van der Waals surface area contributed by atoms with Crippen LogP contribution < -0.4 is 9.46 Å². The Hall–Kier alpha value is -3.64. The number of nitrogens with one attached hydrogen (secondary N) is 1. The number of carboxylic acid groups (broad SMARTS) is 1. The number of anilines is 1. The Balaban J connectivity index is 1.60. The number of aliphatic hydroxyl groups excluding tert-OH is 1. The molecule has 3 aromatic carbocycles. The SMILES string of the molecule is C[C@@H]1CN([C@H](C)CO)C(=O)Cc2cc(NS(=O)(=O)c3ccc(Cl)cc3)ccc2O[C@H]1CN(C)Cc1ccc(C(=O)O)cc1. The number of sulfonamides is 1. The molecular weight excluding hydrogens is 594 g/mol. The monoisotopic (exact) mass is 629 g/mol. The van der Waals surface area contributed by atoms with Crippen LogP contribution in [0.25, 0.3) is 0 Å². The molecule has 0 spiro atoms. The van der Waals surface area contributed by atoms with Crippen molar-refractivity contribution in [3.63, 3.8) is 0 Å². The molecule has 3 N–H and O–H groups in total. The summed E-state index contributed by atoms with van der Waals surface area (Å²) in [6, 6.07) is 16.9. The van der Waals surface area contributed by atoms with Crippen LogP contribution in [0.3, 0.4) is 0 Å². The molecule has 3 atom stereocenters. The van der Waals surface area contributed by atoms with Crippen molar-refractivity contribution >= 4 is 39.2 Å². The zero-order valence-electron chi connectivity index (χ0n) is 24.2. The quantitative estimate of drug-likeness (QED) is 0.305. The van der Waals surface area contributed by atoms with E-state index in [1.807, 2.05) is 14.0 Å². The number of carboxylic acids is 1. The number of carbonyl (C=O) groups is 2. The molecule has 0 unspecified atom stereocenters. The largest absolute Gasteiger partial charge is 0.488 e. The van der Waals surface area contributed by atoms with Crippen molar-refractivity contribution < 1.29 is 33.0 Å². The maximum absolute atomic E-state index is 13.5. The Kier molecular flexibility index (Phi) is 10.3. The number of fused-ring (bicyclic) bond motifs is 1. The van der Waals surface area contributed by atoms with Crippen LogP contribution in [0.5, 0.6) is 5.75 Å². The first kappa shape index (κ1) is 32.3. The van der Waals surface area contributed by atoms with Gasteiger partial charge in [-0.25, -0.2) is 13.2 Å². The summed E-state index contributed by atoms with van der Waals surface area (Å²) >= 11 is 5.91. The summed E-state index contributed by atoms with van der Waals surface area (Å²) < 4.78 is 35.1. The van der Waals surface area contributed by atoms with Gasteiger partial charge in [-0.2, -0.15) is 0 Å². The minimum atomic E-state index is -3.91. The van der Waals surface area contributed by atoms with Gasteiger partial charge in [-0.15, -0.1) is 0 Å². The molecular formula is C31H36ClN3O7S. The molecule has 0 saturated heterocycles. The van der Waals surface area contributed by atoms with Gasteiger partial charge in [0.25, 0.3) is 10.0 Å². The second-order valence-corrected chi connectivity index (χ2v) is 13.1. The number of aliphatic hydroxyl groups is 1. The first-order valence-electron chi connectivity index (χ1n) is 13.9. The number of aromatic carboxylic acids is 1. The zero-order valence-corrected chi connectivity index (χ0v) is 25.8. The van der Waals surface area contributed by atoms with Crippen molar-refractivity contribution in [1.82, 2.24) is 9.80 Å². The van der Waals surface area contributed by atoms with E-state index in [9.17, 15) is 28.2 Å². The average Bonchev–Trinajstić information content (AvgIpc) is 3.00. The van der Waals surface area contributed by atoms with Crippen LogP contribution in [-0.2, 0) is 27.8 Å². The van der Waals surface area contributed by atoms with Crippen LogP contribution in [0, 0.1) is 5.92 Å². The third-order valence-electron chi connectivity index (χ3n) is 7.44. The minimum absolute atomic E-state index is 0.0403. The van der Waals surface area contributed by atoms with E-state index in [4.69, 9.17) is 16.3 Å². The number of halogens is 1. The number of nitrogens with zero attached hydrogens (tertiary/aromatic N) is 2. The van der Waals surface area contributed by atoms with Gasteiger partial charge < -0.3 is 19.8 Å². The van der Waals surface area contributed by atoms with Crippen molar-refractivity contribution in [2.24, 2.45) is 5.92 Å². The summed E-state index contributed by atoms with van der Waals surface area (Å²) in [4.78, 5) is 28.4. The lowest BCUT2D eigenvalue weighted by Crippen LogP contribution is -2.47. The summed E-state index contributed by atoms with van der Waals surface area (Å²) in [5, 5.41) is 19.5. The molecule has 230 valence electrons. The fraction of sp³-hybridized carbons (Fsp3) is 0.355. The highest BCUT2D eigenvalue weighted by Crippen LogP contribution is 2.30. The smallest absolute Gasteiger partial charge is 0.335 e. The molecule has 0 aromatic heterocycles. The lowest BCUT2D eigenvalue weighted by atomic mass is 10.0. The maximum Gasteiger partial charge on any atom is 0.335 e. The Labute approximate surface area is 256 Å². The summed E-state index contributed by atoms with van der Waals surface area (Å²) in [7, 11) is -1.98. The molecule has 1 amide bonds. The van der Waals surface area contributed by atoms with Gasteiger partial charge in [0.15, 0.2) is 0 Å². The molecule has 1 aliphatic heterocycles. The molecule has 1 heterocycles. The van der Waals surface area contributed by atoms with E-state index in [0.29, 0.717) is 36.0 Å². The van der Waals surface area contributed by atoms with Gasteiger partial charge in [0, 0.05) is 41.8 Å². The molecule has 0 radical (unpaired) electrons. The standard InChI is InChI=1S/C31H36ClN3O7S/c1-20-16-35(21(2)19-36)30(37)15-24-14-26(33-43(40,41)27-11-8-25(32)9-12-27)10-13-28(24)42-29(20)18-34(3)17-22-4-6-23(7-5-22)31(38)39/h4-14,20-21,29,33,36H,15-19H2,1-3H3,(H,38,39)/t20-,21-,29+/m1/s1. The Morgan fingerprint density at radius 1 is 1.14 bits per heavy atom. The number of benzene rings is 3. The van der Waals surface area contributed by atoms with E-state index in [0.717, 1.165) is 5.56 Å². The molecule has 12 heteroatoms. The highest BCUT2D eigenvalue weighted by molar-refractivity contribution is 7.92. The number of likely N-dealkylation sites (N-methyl/N-ethyl adjacent to an activating group) is 1. The van der Waals surface area contributed by atoms with Crippen LogP contribution in [0.1, 0.15) is 35.3 Å². The molecule has 4 rings (SSSR count). The number of rotatable bonds is 10. The van der Waals surface area contributed by atoms with Gasteiger partial charge in [-0.05, 0) is 74.1 Å². The average molecular weight is 630 g/mol. The highest BCUT2D eigenvalue weighted by Gasteiger charge is 2.31. The van der Waals surface area contributed by atoms with Crippen molar-refractivity contribution in [3.8, 4) is 5.75 Å². The minimum Gasteiger partial charge on any atom is -0.488 e. The molecule has 0 aliphatic carbocycles. The Morgan fingerprint density at radius 2 is 1.81 bits per heavy atom.